The zero-order valence-corrected chi connectivity index (χ0v) is 7.00. The number of alkyl halides is 3. The zero-order chi connectivity index (χ0) is 9.07. The molecule has 4 heteroatoms. The van der Waals surface area contributed by atoms with Crippen LogP contribution < -0.4 is 5.32 Å². The van der Waals surface area contributed by atoms with Crippen LogP contribution in [0.4, 0.5) is 13.2 Å². The molecule has 0 bridgehead atoms. The number of hydrogen-bond acceptors (Lipinski definition) is 1. The van der Waals surface area contributed by atoms with Crippen molar-refractivity contribution >= 4 is 0 Å². The van der Waals surface area contributed by atoms with Crippen LogP contribution in [-0.2, 0) is 0 Å². The Morgan fingerprint density at radius 3 is 1.82 bits per heavy atom. The van der Waals surface area contributed by atoms with E-state index in [9.17, 15) is 13.2 Å². The maximum Gasteiger partial charge on any atom is 0.404 e. The van der Waals surface area contributed by atoms with E-state index in [2.05, 4.69) is 5.32 Å². The first-order valence-corrected chi connectivity index (χ1v) is 3.69. The molecule has 0 fully saturated rings. The van der Waals surface area contributed by atoms with Gasteiger partial charge < -0.3 is 5.32 Å². The van der Waals surface area contributed by atoms with Crippen molar-refractivity contribution in [1.29, 1.82) is 0 Å². The van der Waals surface area contributed by atoms with Gasteiger partial charge in [0.2, 0.25) is 0 Å². The molecule has 0 radical (unpaired) electrons. The van der Waals surface area contributed by atoms with Gasteiger partial charge >= 0.3 is 6.18 Å². The Morgan fingerprint density at radius 1 is 1.27 bits per heavy atom. The predicted octanol–water partition coefficient (Wildman–Crippen LogP) is 2.18. The van der Waals surface area contributed by atoms with E-state index in [1.54, 1.807) is 20.8 Å². The molecule has 1 atom stereocenters. The van der Waals surface area contributed by atoms with E-state index in [-0.39, 0.29) is 0 Å². The van der Waals surface area contributed by atoms with Gasteiger partial charge in [-0.05, 0) is 12.5 Å². The van der Waals surface area contributed by atoms with Crippen LogP contribution in [0.3, 0.4) is 0 Å². The fraction of sp³-hybridized carbons (Fsp3) is 1.00. The highest BCUT2D eigenvalue weighted by molar-refractivity contribution is 4.77. The molecular formula is C7H14F3N. The Bertz CT molecular complexity index is 109. The summed E-state index contributed by atoms with van der Waals surface area (Å²) in [4.78, 5) is 0. The van der Waals surface area contributed by atoms with E-state index in [0.29, 0.717) is 6.54 Å². The van der Waals surface area contributed by atoms with Gasteiger partial charge in [-0.1, -0.05) is 20.8 Å². The minimum Gasteiger partial charge on any atom is -0.306 e. The summed E-state index contributed by atoms with van der Waals surface area (Å²) >= 11 is 0. The first-order chi connectivity index (χ1) is 4.89. The SMILES string of the molecule is CCNC(C(C)C)C(F)(F)F. The van der Waals surface area contributed by atoms with Crippen molar-refractivity contribution in [1.82, 2.24) is 5.32 Å². The average Bonchev–Trinajstić information content (AvgIpc) is 1.79. The molecule has 0 aliphatic carbocycles. The first kappa shape index (κ1) is 10.8. The lowest BCUT2D eigenvalue weighted by atomic mass is 10.0. The summed E-state index contributed by atoms with van der Waals surface area (Å²) in [5, 5.41) is 2.40. The van der Waals surface area contributed by atoms with E-state index < -0.39 is 18.1 Å². The van der Waals surface area contributed by atoms with E-state index in [4.69, 9.17) is 0 Å². The summed E-state index contributed by atoms with van der Waals surface area (Å²) in [6.07, 6.45) is -4.12. The van der Waals surface area contributed by atoms with Crippen molar-refractivity contribution in [3.8, 4) is 0 Å². The molecule has 0 aromatic heterocycles. The van der Waals surface area contributed by atoms with Crippen molar-refractivity contribution in [2.45, 2.75) is 33.0 Å². The van der Waals surface area contributed by atoms with Gasteiger partial charge in [0, 0.05) is 0 Å². The molecule has 0 aromatic carbocycles. The van der Waals surface area contributed by atoms with Crippen LogP contribution in [0.5, 0.6) is 0 Å². The van der Waals surface area contributed by atoms with Crippen molar-refractivity contribution in [3.05, 3.63) is 0 Å². The summed E-state index contributed by atoms with van der Waals surface area (Å²) in [6.45, 7) is 5.13. The number of hydrogen-bond donors (Lipinski definition) is 1. The van der Waals surface area contributed by atoms with Crippen molar-refractivity contribution in [2.75, 3.05) is 6.54 Å². The van der Waals surface area contributed by atoms with Crippen LogP contribution >= 0.6 is 0 Å². The minimum atomic E-state index is -4.12. The van der Waals surface area contributed by atoms with E-state index in [1.807, 2.05) is 0 Å². The van der Waals surface area contributed by atoms with Crippen molar-refractivity contribution < 1.29 is 13.2 Å². The molecule has 11 heavy (non-hydrogen) atoms. The summed E-state index contributed by atoms with van der Waals surface area (Å²) < 4.78 is 36.3. The maximum atomic E-state index is 12.1. The van der Waals surface area contributed by atoms with Crippen molar-refractivity contribution in [3.63, 3.8) is 0 Å². The lowest BCUT2D eigenvalue weighted by Gasteiger charge is -2.24. The van der Waals surface area contributed by atoms with Crippen LogP contribution in [0.15, 0.2) is 0 Å². The Kier molecular flexibility index (Phi) is 3.86. The molecule has 0 saturated heterocycles. The molecule has 1 nitrogen and oxygen atoms in total. The van der Waals surface area contributed by atoms with E-state index in [0.717, 1.165) is 0 Å². The Labute approximate surface area is 65.0 Å². The molecule has 0 spiro atoms. The highest BCUT2D eigenvalue weighted by atomic mass is 19.4. The standard InChI is InChI=1S/C7H14F3N/c1-4-11-6(5(2)3)7(8,9)10/h5-6,11H,4H2,1-3H3. The minimum absolute atomic E-state index is 0.350. The highest BCUT2D eigenvalue weighted by Gasteiger charge is 2.40. The Hall–Kier alpha value is -0.250. The highest BCUT2D eigenvalue weighted by Crippen LogP contribution is 2.24. The third-order valence-electron chi connectivity index (χ3n) is 1.44. The molecule has 0 heterocycles. The molecule has 68 valence electrons. The van der Waals surface area contributed by atoms with E-state index in [1.165, 1.54) is 0 Å². The summed E-state index contributed by atoms with van der Waals surface area (Å²) in [5.74, 6) is -0.407. The second kappa shape index (κ2) is 3.95. The molecule has 0 aliphatic rings. The molecule has 0 aromatic rings. The summed E-state index contributed by atoms with van der Waals surface area (Å²) in [7, 11) is 0. The molecule has 0 aliphatic heterocycles. The lowest BCUT2D eigenvalue weighted by Crippen LogP contribution is -2.45. The van der Waals surface area contributed by atoms with Gasteiger partial charge in [0.15, 0.2) is 0 Å². The quantitative estimate of drug-likeness (QED) is 0.682. The van der Waals surface area contributed by atoms with Gasteiger partial charge in [0.1, 0.15) is 6.04 Å². The molecule has 0 rings (SSSR count). The second-order valence-corrected chi connectivity index (χ2v) is 2.82. The molecule has 1 N–H and O–H groups in total. The third kappa shape index (κ3) is 3.60. The van der Waals surface area contributed by atoms with Gasteiger partial charge in [-0.15, -0.1) is 0 Å². The second-order valence-electron chi connectivity index (χ2n) is 2.82. The van der Waals surface area contributed by atoms with Crippen LogP contribution in [-0.4, -0.2) is 18.8 Å². The number of nitrogens with one attached hydrogen (secondary N) is 1. The van der Waals surface area contributed by atoms with E-state index >= 15 is 0 Å². The molecule has 1 unspecified atom stereocenters. The van der Waals surface area contributed by atoms with Gasteiger partial charge in [-0.3, -0.25) is 0 Å². The number of halogens is 3. The smallest absolute Gasteiger partial charge is 0.306 e. The van der Waals surface area contributed by atoms with Crippen LogP contribution in [0.2, 0.25) is 0 Å². The first-order valence-electron chi connectivity index (χ1n) is 3.69. The van der Waals surface area contributed by atoms with Crippen molar-refractivity contribution in [2.24, 2.45) is 5.92 Å². The Morgan fingerprint density at radius 2 is 1.73 bits per heavy atom. The number of rotatable bonds is 3. The van der Waals surface area contributed by atoms with Gasteiger partial charge in [0.25, 0.3) is 0 Å². The summed E-state index contributed by atoms with van der Waals surface area (Å²) in [5.41, 5.74) is 0. The molecular weight excluding hydrogens is 155 g/mol. The topological polar surface area (TPSA) is 12.0 Å². The summed E-state index contributed by atoms with van der Waals surface area (Å²) in [6, 6.07) is -1.37. The third-order valence-corrected chi connectivity index (χ3v) is 1.44. The van der Waals surface area contributed by atoms with Gasteiger partial charge in [0.05, 0.1) is 0 Å². The fourth-order valence-corrected chi connectivity index (χ4v) is 0.949. The van der Waals surface area contributed by atoms with Crippen LogP contribution in [0, 0.1) is 5.92 Å². The van der Waals surface area contributed by atoms with Crippen LogP contribution in [0.1, 0.15) is 20.8 Å². The monoisotopic (exact) mass is 169 g/mol. The Balaban J connectivity index is 4.10. The predicted molar refractivity (Wildman–Crippen MR) is 38.4 cm³/mol. The normalized spacial score (nSPS) is 15.5. The molecule has 0 saturated carbocycles. The fourth-order valence-electron chi connectivity index (χ4n) is 0.949. The average molecular weight is 169 g/mol. The molecule has 0 amide bonds. The lowest BCUT2D eigenvalue weighted by molar-refractivity contribution is -0.164. The maximum absolute atomic E-state index is 12.1. The van der Waals surface area contributed by atoms with Gasteiger partial charge in [-0.25, -0.2) is 0 Å². The largest absolute Gasteiger partial charge is 0.404 e. The zero-order valence-electron chi connectivity index (χ0n) is 7.00. The van der Waals surface area contributed by atoms with Crippen LogP contribution in [0.25, 0.3) is 0 Å². The van der Waals surface area contributed by atoms with Gasteiger partial charge in [-0.2, -0.15) is 13.2 Å².